The molecule has 0 radical (unpaired) electrons. The Hall–Kier alpha value is -12.1. The Kier molecular flexibility index (Phi) is 42.3. The molecule has 2 aliphatic carbocycles. The zero-order valence-electron chi connectivity index (χ0n) is 72.5. The summed E-state index contributed by atoms with van der Waals surface area (Å²) in [7, 11) is 0. The summed E-state index contributed by atoms with van der Waals surface area (Å²) in [5.74, 6) is -2.39. The lowest BCUT2D eigenvalue weighted by molar-refractivity contribution is -0.153. The van der Waals surface area contributed by atoms with Gasteiger partial charge in [-0.15, -0.1) is 0 Å². The maximum Gasteiger partial charge on any atom is 0.336 e. The van der Waals surface area contributed by atoms with Gasteiger partial charge in [0.25, 0.3) is 44.0 Å². The van der Waals surface area contributed by atoms with Gasteiger partial charge < -0.3 is 81.6 Å². The highest BCUT2D eigenvalue weighted by molar-refractivity contribution is 5.92. The lowest BCUT2D eigenvalue weighted by atomic mass is 9.71. The first-order valence-corrected chi connectivity index (χ1v) is 39.0. The van der Waals surface area contributed by atoms with Crippen molar-refractivity contribution in [3.8, 4) is 0 Å². The summed E-state index contributed by atoms with van der Waals surface area (Å²) >= 11 is 0. The number of rotatable bonds is 26. The molecule has 25 nitrogen and oxygen atoms in total. The number of aldehydes is 1. The van der Waals surface area contributed by atoms with E-state index >= 15 is 0 Å². The Morgan fingerprint density at radius 2 is 0.767 bits per heavy atom. The van der Waals surface area contributed by atoms with Crippen molar-refractivity contribution in [3.05, 3.63) is 290 Å². The molecule has 0 spiro atoms. The molecule has 8 atom stereocenters. The predicted octanol–water partition coefficient (Wildman–Crippen LogP) is 17.5. The normalized spacial score (nSPS) is 23.4. The van der Waals surface area contributed by atoms with Gasteiger partial charge in [-0.1, -0.05) is 137 Å². The average molecular weight is 1660 g/mol. The molecule has 25 heteroatoms. The zero-order chi connectivity index (χ0) is 89.4. The average Bonchev–Trinajstić information content (AvgIpc) is 1.20. The van der Waals surface area contributed by atoms with E-state index in [4.69, 9.17) is 71.4 Å². The number of allylic oxidation sites excluding steroid dienone is 17. The van der Waals surface area contributed by atoms with E-state index in [9.17, 15) is 48.6 Å². The van der Waals surface area contributed by atoms with Crippen molar-refractivity contribution < 1.29 is 120 Å². The summed E-state index contributed by atoms with van der Waals surface area (Å²) in [5, 5.41) is 28.1. The molecule has 7 aliphatic heterocycles. The number of ether oxygens (including phenoxy) is 14. The van der Waals surface area contributed by atoms with E-state index in [-0.39, 0.29) is 71.9 Å². The minimum absolute atomic E-state index is 0.0414. The van der Waals surface area contributed by atoms with Crippen LogP contribution >= 0.6 is 0 Å². The molecule has 0 saturated heterocycles. The van der Waals surface area contributed by atoms with Crippen LogP contribution in [-0.4, -0.2) is 127 Å². The van der Waals surface area contributed by atoms with Gasteiger partial charge in [-0.2, -0.15) is 0 Å². The first-order chi connectivity index (χ1) is 56.7. The van der Waals surface area contributed by atoms with E-state index in [1.54, 1.807) is 136 Å². The molecular weight excluding hydrogens is 1540 g/mol. The molecule has 1 aromatic rings. The predicted molar refractivity (Wildman–Crippen MR) is 454 cm³/mol. The monoisotopic (exact) mass is 1660 g/mol. The number of carbonyl (C=O) groups excluding carboxylic acids is 8. The number of benzene rings is 1. The minimum atomic E-state index is -0.704. The molecule has 0 saturated carbocycles. The van der Waals surface area contributed by atoms with Gasteiger partial charge in [-0.25, -0.2) is 33.6 Å². The third-order valence-electron chi connectivity index (χ3n) is 18.2. The number of hydrogen-bond acceptors (Lipinski definition) is 25. The molecule has 3 N–H and O–H groups in total. The number of carbonyl (C=O) groups is 8. The Morgan fingerprint density at radius 3 is 1.09 bits per heavy atom. The van der Waals surface area contributed by atoms with Crippen molar-refractivity contribution in [1.82, 2.24) is 0 Å². The van der Waals surface area contributed by atoms with Crippen LogP contribution < -0.4 is 0 Å². The fraction of sp³-hybridized carbons (Fsp3) is 0.389. The molecule has 7 heterocycles. The van der Waals surface area contributed by atoms with Crippen molar-refractivity contribution in [2.24, 2.45) is 10.8 Å². The van der Waals surface area contributed by atoms with E-state index < -0.39 is 44.0 Å². The smallest absolute Gasteiger partial charge is 0.336 e. The van der Waals surface area contributed by atoms with Crippen molar-refractivity contribution in [2.45, 2.75) is 221 Å². The quantitative estimate of drug-likeness (QED) is 0.0194. The Balaban J connectivity index is 0.000000298. The topological polar surface area (TPSA) is 326 Å². The first kappa shape index (κ1) is 100. The van der Waals surface area contributed by atoms with Crippen molar-refractivity contribution in [2.75, 3.05) is 13.2 Å². The number of cyclic esters (lactones) is 7. The number of aliphatic hydroxyl groups excluding tert-OH is 3. The molecule has 0 amide bonds. The standard InChI is InChI=1S/2C19H26O4.C16H16O3.C11H12O4.C11H14O3.C10H12O3.C9H12O4/c1-12(11-22-17-9-14(3)18(21)23-17)6-7-16-13(2)8-15(20)10-19(16,4)5;1-13-6-5-9-19(3,4)16(13)8-7-15(11-20)12-22-17-10-14(2)18(21)23-17;1-12(8-9-14-6-4-3-5-7-14)11-18-15-10-13(2)16(17)19-15;1-8(4-3-5-12)7-14-10-6-9(2)11(13)15-10;1-4-5-8(2)7-13-10-6-9(3)11(12)14-10;1-4-7(2)6-12-9-5-8(3)10(11)13-9;1-6(4-10)5-12-8-3-7(2)9(11)13-8/h6-7,9,11,15,17,20H,8,10H2,1-5H3;7-8,10,12,17,20H,5-6,9,11H2,1-4H3;3-11,15H,1-2H3;3-7,10H,1-2H3;4-7,10H,1-3H3;4-6,9H,1H2,2-3H3;3,5,8,10H,4H2,1-2H3/b7-6+,12-11-;8-7+,15-12+;9-8+,12-11-;4-3+,8-7-;5-4+,8-7-;7-6-;6-5-. The molecule has 1 aromatic carbocycles. The molecule has 0 aromatic heterocycles. The fourth-order valence-corrected chi connectivity index (χ4v) is 11.4. The van der Waals surface area contributed by atoms with Crippen LogP contribution in [0.25, 0.3) is 6.08 Å². The van der Waals surface area contributed by atoms with Gasteiger partial charge >= 0.3 is 41.8 Å². The maximum atomic E-state index is 11.3. The molecule has 0 bridgehead atoms. The first-order valence-electron chi connectivity index (χ1n) is 39.0. The van der Waals surface area contributed by atoms with Crippen LogP contribution in [0.2, 0.25) is 0 Å². The maximum absolute atomic E-state index is 11.3. The van der Waals surface area contributed by atoms with Crippen molar-refractivity contribution >= 4 is 54.1 Å². The molecule has 120 heavy (non-hydrogen) atoms. The highest BCUT2D eigenvalue weighted by atomic mass is 16.7. The number of aliphatic hydroxyl groups is 3. The summed E-state index contributed by atoms with van der Waals surface area (Å²) in [6.45, 7) is 41.3. The summed E-state index contributed by atoms with van der Waals surface area (Å²) in [6.07, 6.45) is 43.4. The lowest BCUT2D eigenvalue weighted by Crippen LogP contribution is -2.28. The second kappa shape index (κ2) is 50.6. The van der Waals surface area contributed by atoms with Crippen LogP contribution in [0.15, 0.2) is 284 Å². The Morgan fingerprint density at radius 1 is 0.433 bits per heavy atom. The largest absolute Gasteiger partial charge is 0.459 e. The minimum Gasteiger partial charge on any atom is -0.459 e. The van der Waals surface area contributed by atoms with Gasteiger partial charge in [-0.05, 0) is 210 Å². The summed E-state index contributed by atoms with van der Waals surface area (Å²) in [6, 6.07) is 10.00. The van der Waals surface area contributed by atoms with Crippen LogP contribution in [0.4, 0.5) is 0 Å². The summed E-state index contributed by atoms with van der Waals surface area (Å²) < 4.78 is 71.1. The van der Waals surface area contributed by atoms with Crippen LogP contribution in [0.3, 0.4) is 0 Å². The van der Waals surface area contributed by atoms with Crippen molar-refractivity contribution in [1.29, 1.82) is 0 Å². The Bertz CT molecular complexity index is 4510. The molecule has 648 valence electrons. The van der Waals surface area contributed by atoms with E-state index in [0.717, 1.165) is 52.7 Å². The van der Waals surface area contributed by atoms with Crippen LogP contribution in [-0.2, 0) is 105 Å². The van der Waals surface area contributed by atoms with E-state index in [1.165, 1.54) is 66.3 Å². The van der Waals surface area contributed by atoms with Crippen LogP contribution in [0, 0.1) is 10.8 Å². The third kappa shape index (κ3) is 36.4. The van der Waals surface area contributed by atoms with E-state index in [1.807, 2.05) is 101 Å². The summed E-state index contributed by atoms with van der Waals surface area (Å²) in [4.78, 5) is 87.3. The lowest BCUT2D eigenvalue weighted by Gasteiger charge is -2.35. The van der Waals surface area contributed by atoms with Crippen LogP contribution in [0.1, 0.15) is 176 Å². The van der Waals surface area contributed by atoms with Gasteiger partial charge in [0.2, 0.25) is 0 Å². The molecular formula is C95H118O25. The van der Waals surface area contributed by atoms with Gasteiger partial charge in [-0.3, -0.25) is 4.79 Å². The van der Waals surface area contributed by atoms with Crippen LogP contribution in [0.5, 0.6) is 0 Å². The Labute approximate surface area is 705 Å². The van der Waals surface area contributed by atoms with Crippen molar-refractivity contribution in [3.63, 3.8) is 0 Å². The fourth-order valence-electron chi connectivity index (χ4n) is 11.4. The highest BCUT2D eigenvalue weighted by Gasteiger charge is 2.33. The second-order valence-corrected chi connectivity index (χ2v) is 30.3. The van der Waals surface area contributed by atoms with Gasteiger partial charge in [0.05, 0.1) is 63.2 Å². The van der Waals surface area contributed by atoms with Gasteiger partial charge in [0.15, 0.2) is 0 Å². The number of esters is 7. The SMILES string of the molecule is C/C=C/C(C)=C\OC1C=C(C)C(=O)O1.C=C/C(C)=C\OC1C=C(C)C(=O)O1.CC1=CC(O/C=C(/C)CO)OC1=O.CC1=CC(O/C=C(C)\C=C\C2=C(C)CC(O)CC2(C)C)OC1=O.CC1=CC(O/C=C(C)\C=C\C=O)OC1=O.CC1=CC(O/C=C(C)\C=C\c2ccccc2)OC1=O.CC1=CC(O/C=C(\C=C\C2=C(C)CCCC2(C)C)CO)OC1=O. The van der Waals surface area contributed by atoms with Gasteiger partial charge in [0.1, 0.15) is 6.29 Å². The molecule has 0 fully saturated rings. The summed E-state index contributed by atoms with van der Waals surface area (Å²) in [5.41, 5.74) is 16.2. The molecule has 10 rings (SSSR count). The zero-order valence-corrected chi connectivity index (χ0v) is 72.5. The van der Waals surface area contributed by atoms with E-state index in [2.05, 4.69) is 60.3 Å². The highest BCUT2D eigenvalue weighted by Crippen LogP contribution is 2.42. The molecule has 8 unspecified atom stereocenters. The van der Waals surface area contributed by atoms with E-state index in [0.29, 0.717) is 56.4 Å². The number of hydrogen-bond donors (Lipinski definition) is 3. The molecule has 9 aliphatic rings. The second-order valence-electron chi connectivity index (χ2n) is 30.3. The third-order valence-corrected chi connectivity index (χ3v) is 18.2. The van der Waals surface area contributed by atoms with Gasteiger partial charge in [0, 0.05) is 87.1 Å².